The number of likely N-dealkylation sites (tertiary alicyclic amines) is 1. The van der Waals surface area contributed by atoms with Crippen molar-refractivity contribution in [3.05, 3.63) is 0 Å². The van der Waals surface area contributed by atoms with Crippen LogP contribution in [0.15, 0.2) is 0 Å². The van der Waals surface area contributed by atoms with Gasteiger partial charge in [0, 0.05) is 6.54 Å². The molecule has 3 heteroatoms. The smallest absolute Gasteiger partial charge is 0.0900 e. The Morgan fingerprint density at radius 3 is 2.47 bits per heavy atom. The van der Waals surface area contributed by atoms with Crippen LogP contribution in [0.2, 0.25) is 0 Å². The normalized spacial score (nSPS) is 24.5. The van der Waals surface area contributed by atoms with E-state index in [4.69, 9.17) is 4.74 Å². The molecule has 0 aromatic heterocycles. The second-order valence-electron chi connectivity index (χ2n) is 7.33. The van der Waals surface area contributed by atoms with Gasteiger partial charge < -0.3 is 14.7 Å². The molecule has 1 aliphatic heterocycles. The molecule has 1 N–H and O–H groups in total. The minimum Gasteiger partial charge on any atom is -0.389 e. The minimum absolute atomic E-state index is 0.198. The Morgan fingerprint density at radius 2 is 1.89 bits per heavy atom. The first-order valence-electron chi connectivity index (χ1n) is 7.81. The molecule has 0 aromatic rings. The van der Waals surface area contributed by atoms with Crippen molar-refractivity contribution in [2.24, 2.45) is 11.3 Å². The number of hydrogen-bond donors (Lipinski definition) is 1. The fourth-order valence-corrected chi connectivity index (χ4v) is 2.86. The summed E-state index contributed by atoms with van der Waals surface area (Å²) in [7, 11) is 0. The van der Waals surface area contributed by atoms with Gasteiger partial charge in [-0.05, 0) is 57.5 Å². The van der Waals surface area contributed by atoms with Crippen molar-refractivity contribution in [3.8, 4) is 0 Å². The van der Waals surface area contributed by atoms with Gasteiger partial charge in [0.15, 0.2) is 0 Å². The van der Waals surface area contributed by atoms with Gasteiger partial charge in [-0.2, -0.15) is 0 Å². The minimum atomic E-state index is -0.353. The molecule has 1 saturated heterocycles. The van der Waals surface area contributed by atoms with Crippen molar-refractivity contribution in [2.75, 3.05) is 26.2 Å². The topological polar surface area (TPSA) is 32.7 Å². The number of nitrogens with zero attached hydrogens (tertiary/aromatic N) is 1. The standard InChI is InChI=1S/C16H33NO2/c1-13(2)19-12-15(18)11-17-9-6-7-14(8-10-17)16(3,4)5/h13-15,18H,6-12H2,1-5H3. The summed E-state index contributed by atoms with van der Waals surface area (Å²) in [4.78, 5) is 2.40. The Balaban J connectivity index is 2.33. The lowest BCUT2D eigenvalue weighted by Gasteiger charge is -2.30. The molecule has 114 valence electrons. The molecule has 0 aliphatic carbocycles. The average Bonchev–Trinajstić information content (AvgIpc) is 2.51. The maximum Gasteiger partial charge on any atom is 0.0900 e. The average molecular weight is 271 g/mol. The van der Waals surface area contributed by atoms with Crippen molar-refractivity contribution in [2.45, 2.75) is 66.1 Å². The van der Waals surface area contributed by atoms with Crippen LogP contribution < -0.4 is 0 Å². The molecule has 1 rings (SSSR count). The fraction of sp³-hybridized carbons (Fsp3) is 1.00. The number of hydrogen-bond acceptors (Lipinski definition) is 3. The van der Waals surface area contributed by atoms with Crippen molar-refractivity contribution in [1.82, 2.24) is 4.90 Å². The van der Waals surface area contributed by atoms with Crippen molar-refractivity contribution in [1.29, 1.82) is 0 Å². The van der Waals surface area contributed by atoms with Crippen LogP contribution in [-0.2, 0) is 4.74 Å². The third-order valence-electron chi connectivity index (χ3n) is 4.14. The summed E-state index contributed by atoms with van der Waals surface area (Å²) in [6.45, 7) is 14.5. The van der Waals surface area contributed by atoms with E-state index in [0.29, 0.717) is 12.0 Å². The Hall–Kier alpha value is -0.120. The molecule has 1 heterocycles. The van der Waals surface area contributed by atoms with Crippen LogP contribution >= 0.6 is 0 Å². The van der Waals surface area contributed by atoms with Crippen LogP contribution in [-0.4, -0.2) is 48.5 Å². The lowest BCUT2D eigenvalue weighted by Crippen LogP contribution is -2.36. The van der Waals surface area contributed by atoms with Gasteiger partial charge in [0.2, 0.25) is 0 Å². The first kappa shape index (κ1) is 16.9. The van der Waals surface area contributed by atoms with Gasteiger partial charge in [-0.15, -0.1) is 0 Å². The van der Waals surface area contributed by atoms with Crippen LogP contribution in [0.1, 0.15) is 53.9 Å². The van der Waals surface area contributed by atoms with Crippen LogP contribution in [0, 0.1) is 11.3 Å². The van der Waals surface area contributed by atoms with E-state index in [1.807, 2.05) is 13.8 Å². The van der Waals surface area contributed by atoms with Crippen molar-refractivity contribution < 1.29 is 9.84 Å². The summed E-state index contributed by atoms with van der Waals surface area (Å²) in [5, 5.41) is 10.0. The molecule has 1 fully saturated rings. The molecule has 0 aromatic carbocycles. The van der Waals surface area contributed by atoms with Gasteiger partial charge >= 0.3 is 0 Å². The monoisotopic (exact) mass is 271 g/mol. The number of ether oxygens (including phenoxy) is 1. The van der Waals surface area contributed by atoms with Gasteiger partial charge in [-0.25, -0.2) is 0 Å². The van der Waals surface area contributed by atoms with Crippen LogP contribution in [0.3, 0.4) is 0 Å². The molecule has 1 aliphatic rings. The third-order valence-corrected chi connectivity index (χ3v) is 4.14. The highest BCUT2D eigenvalue weighted by Crippen LogP contribution is 2.34. The molecule has 0 amide bonds. The molecule has 2 unspecified atom stereocenters. The van der Waals surface area contributed by atoms with Crippen molar-refractivity contribution >= 4 is 0 Å². The highest BCUT2D eigenvalue weighted by atomic mass is 16.5. The molecule has 0 radical (unpaired) electrons. The Bertz CT molecular complexity index is 248. The molecule has 0 saturated carbocycles. The molecular weight excluding hydrogens is 238 g/mol. The van der Waals surface area contributed by atoms with E-state index in [1.165, 1.54) is 19.3 Å². The van der Waals surface area contributed by atoms with Gasteiger partial charge in [0.05, 0.1) is 18.8 Å². The SMILES string of the molecule is CC(C)OCC(O)CN1CCCC(C(C)(C)C)CC1. The predicted molar refractivity (Wildman–Crippen MR) is 80.3 cm³/mol. The maximum absolute atomic E-state index is 10.0. The number of β-amino-alcohol motifs (C(OH)–C–C–N with tert-alkyl or cyclic N) is 1. The largest absolute Gasteiger partial charge is 0.389 e. The molecule has 19 heavy (non-hydrogen) atoms. The van der Waals surface area contributed by atoms with E-state index in [2.05, 4.69) is 25.7 Å². The van der Waals surface area contributed by atoms with Gasteiger partial charge in [-0.3, -0.25) is 0 Å². The Kier molecular flexibility index (Phi) is 6.78. The Labute approximate surface area is 119 Å². The Morgan fingerprint density at radius 1 is 1.21 bits per heavy atom. The first-order chi connectivity index (χ1) is 8.79. The molecule has 2 atom stereocenters. The van der Waals surface area contributed by atoms with E-state index in [1.54, 1.807) is 0 Å². The molecule has 0 spiro atoms. The maximum atomic E-state index is 10.0. The summed E-state index contributed by atoms with van der Waals surface area (Å²) in [5.74, 6) is 0.807. The van der Waals surface area contributed by atoms with E-state index >= 15 is 0 Å². The molecular formula is C16H33NO2. The van der Waals surface area contributed by atoms with Crippen LogP contribution in [0.4, 0.5) is 0 Å². The zero-order valence-corrected chi connectivity index (χ0v) is 13.5. The fourth-order valence-electron chi connectivity index (χ4n) is 2.86. The van der Waals surface area contributed by atoms with E-state index < -0.39 is 0 Å². The third kappa shape index (κ3) is 6.73. The number of rotatable bonds is 5. The number of aliphatic hydroxyl groups is 1. The second-order valence-corrected chi connectivity index (χ2v) is 7.33. The van der Waals surface area contributed by atoms with Crippen LogP contribution in [0.5, 0.6) is 0 Å². The molecule has 0 bridgehead atoms. The summed E-state index contributed by atoms with van der Waals surface area (Å²) >= 11 is 0. The summed E-state index contributed by atoms with van der Waals surface area (Å²) in [6, 6.07) is 0. The van der Waals surface area contributed by atoms with Gasteiger partial charge in [0.25, 0.3) is 0 Å². The van der Waals surface area contributed by atoms with E-state index in [9.17, 15) is 5.11 Å². The van der Waals surface area contributed by atoms with Gasteiger partial charge in [0.1, 0.15) is 0 Å². The van der Waals surface area contributed by atoms with Gasteiger partial charge in [-0.1, -0.05) is 20.8 Å². The van der Waals surface area contributed by atoms with E-state index in [0.717, 1.165) is 25.6 Å². The van der Waals surface area contributed by atoms with Crippen molar-refractivity contribution in [3.63, 3.8) is 0 Å². The van der Waals surface area contributed by atoms with E-state index in [-0.39, 0.29) is 12.2 Å². The highest BCUT2D eigenvalue weighted by Gasteiger charge is 2.27. The lowest BCUT2D eigenvalue weighted by molar-refractivity contribution is -0.00830. The summed E-state index contributed by atoms with van der Waals surface area (Å²) < 4.78 is 5.48. The summed E-state index contributed by atoms with van der Waals surface area (Å²) in [6.07, 6.45) is 3.66. The lowest BCUT2D eigenvalue weighted by atomic mass is 9.77. The van der Waals surface area contributed by atoms with Crippen LogP contribution in [0.25, 0.3) is 0 Å². The highest BCUT2D eigenvalue weighted by molar-refractivity contribution is 4.79. The summed E-state index contributed by atoms with van der Waals surface area (Å²) in [5.41, 5.74) is 0.412. The second kappa shape index (κ2) is 7.61. The quantitative estimate of drug-likeness (QED) is 0.834. The molecule has 3 nitrogen and oxygen atoms in total. The first-order valence-corrected chi connectivity index (χ1v) is 7.81. The zero-order chi connectivity index (χ0) is 14.5. The number of aliphatic hydroxyl groups excluding tert-OH is 1. The zero-order valence-electron chi connectivity index (χ0n) is 13.5. The predicted octanol–water partition coefficient (Wildman–Crippen LogP) is 2.92.